The Bertz CT molecular complexity index is 2320. The number of halogens is 2. The second-order valence-corrected chi connectivity index (χ2v) is 35.7. The SMILES string of the molecule is C1=CN=CC1.CC(C)(C)[Si](C)(C)O[C@@H](C[C@@H](c1ccccc1I)n1ccnc1)C1CCCCC1.Cc1ccc(S(=O)(=O)O[C@H](C[C@H](O[Si](C)(C)C(C)(C)C)C2C[CH+]CCC2)c2ccccc2I)cc1. The van der Waals surface area contributed by atoms with Crippen LogP contribution in [0.5, 0.6) is 0 Å². The Morgan fingerprint density at radius 1 is 0.754 bits per heavy atom. The highest BCUT2D eigenvalue weighted by Crippen LogP contribution is 2.45. The van der Waals surface area contributed by atoms with Gasteiger partial charge in [-0.15, -0.1) is 0 Å². The fourth-order valence-corrected chi connectivity index (χ4v) is 14.2. The fraction of sp³-hybridized carbons (Fsp3) is 0.554. The van der Waals surface area contributed by atoms with Gasteiger partial charge in [0, 0.05) is 50.7 Å². The molecule has 1 aromatic heterocycles. The van der Waals surface area contributed by atoms with E-state index in [1.54, 1.807) is 30.5 Å². The van der Waals surface area contributed by atoms with E-state index in [1.165, 1.54) is 41.2 Å². The highest BCUT2D eigenvalue weighted by atomic mass is 127. The summed E-state index contributed by atoms with van der Waals surface area (Å²) in [4.78, 5) is 8.33. The Labute approximate surface area is 447 Å². The Morgan fingerprint density at radius 2 is 1.32 bits per heavy atom. The van der Waals surface area contributed by atoms with Crippen LogP contribution in [0.4, 0.5) is 0 Å². The summed E-state index contributed by atoms with van der Waals surface area (Å²) >= 11 is 4.75. The standard InChI is InChI=1S/C28H40IO4SSi.C24H37IN2OSi.C4H5N/c1-21-16-18-23(19-17-21)34(30,31)32-27(24-14-10-11-15-25(24)29)20-26(22-12-8-7-9-13-22)33-35(5,6)28(2,3)4;1-24(2,3)29(4,5)28-23(19-11-7-6-8-12-19)17-22(27-16-15-26-18-27)20-13-9-10-14-21(20)25;1-2-4-5-3-1/h8,10-11,14-19,22,26-27H,7,9,12-13,20H2,1-6H3;9-10,13-16,18-19,22-23H,6-8,11-12,17H2,1-5H3;1,3-4H,2H2/q+1;;/t22?,26-,27+;22-,23-;/m00./s1. The lowest BCUT2D eigenvalue weighted by molar-refractivity contribution is 0.0540. The predicted molar refractivity (Wildman–Crippen MR) is 309 cm³/mol. The van der Waals surface area contributed by atoms with Crippen molar-refractivity contribution in [2.24, 2.45) is 16.8 Å². The molecule has 2 heterocycles. The molecule has 1 aliphatic heterocycles. The molecule has 0 N–H and O–H groups in total. The number of aliphatic imine (C=N–C) groups is 1. The maximum atomic E-state index is 13.4. The van der Waals surface area contributed by atoms with Crippen molar-refractivity contribution >= 4 is 78.1 Å². The van der Waals surface area contributed by atoms with E-state index in [1.807, 2.05) is 56.0 Å². The summed E-state index contributed by atoms with van der Waals surface area (Å²) in [6.45, 7) is 25.1. The molecular formula is C56H82I2N3O5SSi2+. The Balaban J connectivity index is 0.000000236. The second kappa shape index (κ2) is 26.2. The van der Waals surface area contributed by atoms with Gasteiger partial charge in [-0.1, -0.05) is 121 Å². The van der Waals surface area contributed by atoms with Gasteiger partial charge < -0.3 is 13.4 Å². The van der Waals surface area contributed by atoms with E-state index in [-0.39, 0.29) is 27.1 Å². The van der Waals surface area contributed by atoms with E-state index < -0.39 is 32.9 Å². The smallest absolute Gasteiger partial charge is 0.297 e. The average molecular weight is 1220 g/mol. The normalized spacial score (nSPS) is 18.8. The molecule has 1 unspecified atom stereocenters. The highest BCUT2D eigenvalue weighted by Gasteiger charge is 2.44. The molecule has 5 atom stereocenters. The summed E-state index contributed by atoms with van der Waals surface area (Å²) in [5, 5.41) is 0.292. The molecule has 0 bridgehead atoms. The van der Waals surface area contributed by atoms with Crippen LogP contribution >= 0.6 is 45.2 Å². The lowest BCUT2D eigenvalue weighted by atomic mass is 9.82. The summed E-state index contributed by atoms with van der Waals surface area (Å²) in [5.74, 6) is 1.04. The first-order valence-corrected chi connectivity index (χ1v) is 34.7. The van der Waals surface area contributed by atoms with E-state index in [0.29, 0.717) is 24.4 Å². The van der Waals surface area contributed by atoms with E-state index in [0.717, 1.165) is 53.2 Å². The Morgan fingerprint density at radius 3 is 1.80 bits per heavy atom. The molecule has 13 heteroatoms. The molecule has 4 aromatic rings. The molecule has 2 saturated carbocycles. The molecule has 2 fully saturated rings. The molecule has 69 heavy (non-hydrogen) atoms. The number of hydrogen-bond acceptors (Lipinski definition) is 7. The van der Waals surface area contributed by atoms with Gasteiger partial charge in [0.05, 0.1) is 48.7 Å². The van der Waals surface area contributed by atoms with Crippen molar-refractivity contribution in [2.45, 2.75) is 191 Å². The third kappa shape index (κ3) is 17.2. The first-order valence-electron chi connectivity index (χ1n) is 25.3. The first-order chi connectivity index (χ1) is 32.5. The monoisotopic (exact) mass is 1220 g/mol. The third-order valence-electron chi connectivity index (χ3n) is 15.1. The second-order valence-electron chi connectivity index (χ2n) is 22.3. The van der Waals surface area contributed by atoms with Gasteiger partial charge in [-0.25, -0.2) is 4.98 Å². The maximum absolute atomic E-state index is 13.4. The van der Waals surface area contributed by atoms with E-state index in [2.05, 4.69) is 164 Å². The van der Waals surface area contributed by atoms with Gasteiger partial charge in [0.2, 0.25) is 0 Å². The van der Waals surface area contributed by atoms with Gasteiger partial charge in [-0.2, -0.15) is 8.42 Å². The minimum atomic E-state index is -3.94. The molecule has 3 aromatic carbocycles. The highest BCUT2D eigenvalue weighted by molar-refractivity contribution is 14.1. The van der Waals surface area contributed by atoms with Crippen molar-refractivity contribution < 1.29 is 21.5 Å². The maximum Gasteiger partial charge on any atom is 0.297 e. The molecule has 378 valence electrons. The summed E-state index contributed by atoms with van der Waals surface area (Å²) < 4.78 is 51.5. The summed E-state index contributed by atoms with van der Waals surface area (Å²) in [7, 11) is -7.87. The molecule has 0 spiro atoms. The quantitative estimate of drug-likeness (QED) is 0.0480. The zero-order valence-electron chi connectivity index (χ0n) is 43.5. The largest absolute Gasteiger partial charge is 0.414 e. The summed E-state index contributed by atoms with van der Waals surface area (Å²) in [6, 6.07) is 23.8. The van der Waals surface area contributed by atoms with E-state index in [4.69, 9.17) is 13.0 Å². The van der Waals surface area contributed by atoms with Crippen LogP contribution in [0.1, 0.15) is 147 Å². The number of rotatable bonds is 16. The average Bonchev–Trinajstić information content (AvgIpc) is 4.07. The molecule has 0 saturated heterocycles. The molecule has 7 rings (SSSR count). The summed E-state index contributed by atoms with van der Waals surface area (Å²) in [6.07, 6.45) is 27.3. The number of imidazole rings is 1. The Hall–Kier alpha value is -2.13. The third-order valence-corrected chi connectivity index (χ3v) is 27.4. The van der Waals surface area contributed by atoms with Crippen molar-refractivity contribution in [1.29, 1.82) is 0 Å². The van der Waals surface area contributed by atoms with Crippen LogP contribution in [-0.4, -0.2) is 53.0 Å². The zero-order chi connectivity index (χ0) is 50.5. The number of benzene rings is 3. The number of hydrogen-bond donors (Lipinski definition) is 0. The molecule has 0 radical (unpaired) electrons. The van der Waals surface area contributed by atoms with Crippen molar-refractivity contribution in [1.82, 2.24) is 9.55 Å². The molecular weight excluding hydrogens is 1140 g/mol. The van der Waals surface area contributed by atoms with Crippen molar-refractivity contribution in [2.75, 3.05) is 0 Å². The molecule has 8 nitrogen and oxygen atoms in total. The number of allylic oxidation sites excluding steroid dienone is 1. The van der Waals surface area contributed by atoms with Crippen molar-refractivity contribution in [3.05, 3.63) is 134 Å². The number of aromatic nitrogens is 2. The van der Waals surface area contributed by atoms with Gasteiger partial charge in [0.25, 0.3) is 10.1 Å². The number of aryl methyl sites for hydroxylation is 1. The van der Waals surface area contributed by atoms with Crippen LogP contribution in [0.3, 0.4) is 0 Å². The number of nitrogens with zero attached hydrogens (tertiary/aromatic N) is 3. The summed E-state index contributed by atoms with van der Waals surface area (Å²) in [5.41, 5.74) is 3.28. The van der Waals surface area contributed by atoms with Crippen LogP contribution in [0.2, 0.25) is 36.3 Å². The van der Waals surface area contributed by atoms with Crippen LogP contribution in [0.25, 0.3) is 0 Å². The van der Waals surface area contributed by atoms with Crippen LogP contribution in [-0.2, 0) is 23.2 Å². The van der Waals surface area contributed by atoms with Crippen LogP contribution < -0.4 is 0 Å². The van der Waals surface area contributed by atoms with E-state index >= 15 is 0 Å². The van der Waals surface area contributed by atoms with Crippen molar-refractivity contribution in [3.63, 3.8) is 0 Å². The molecule has 3 aliphatic rings. The fourth-order valence-electron chi connectivity index (χ4n) is 8.81. The lowest BCUT2D eigenvalue weighted by Gasteiger charge is -2.43. The van der Waals surface area contributed by atoms with Gasteiger partial charge >= 0.3 is 0 Å². The predicted octanol–water partition coefficient (Wildman–Crippen LogP) is 16.6. The zero-order valence-corrected chi connectivity index (χ0v) is 50.6. The van der Waals surface area contributed by atoms with Gasteiger partial charge in [-0.3, -0.25) is 9.18 Å². The minimum absolute atomic E-state index is 0.0646. The van der Waals surface area contributed by atoms with Crippen LogP contribution in [0, 0.1) is 32.3 Å². The molecule has 2 aliphatic carbocycles. The van der Waals surface area contributed by atoms with Crippen LogP contribution in [0.15, 0.2) is 114 Å². The minimum Gasteiger partial charge on any atom is -0.414 e. The van der Waals surface area contributed by atoms with Gasteiger partial charge in [0.15, 0.2) is 16.6 Å². The van der Waals surface area contributed by atoms with Gasteiger partial charge in [0.1, 0.15) is 6.10 Å². The first kappa shape index (κ1) is 57.8. The molecule has 0 amide bonds. The van der Waals surface area contributed by atoms with Crippen molar-refractivity contribution in [3.8, 4) is 0 Å². The lowest BCUT2D eigenvalue weighted by Crippen LogP contribution is -2.46. The van der Waals surface area contributed by atoms with E-state index in [9.17, 15) is 8.42 Å². The topological polar surface area (TPSA) is 92.0 Å². The Kier molecular flexibility index (Phi) is 21.9. The van der Waals surface area contributed by atoms with Gasteiger partial charge in [-0.05, 0) is 162 Å².